The quantitative estimate of drug-likeness (QED) is 0.492. The number of nitrogens with two attached hydrogens (primary N) is 1. The van der Waals surface area contributed by atoms with Crippen LogP contribution in [-0.4, -0.2) is 43.4 Å². The molecular formula is C18H24N4O3. The van der Waals surface area contributed by atoms with Gasteiger partial charge in [-0.05, 0) is 29.8 Å². The molecule has 0 bridgehead atoms. The van der Waals surface area contributed by atoms with E-state index in [4.69, 9.17) is 15.2 Å². The zero-order valence-electron chi connectivity index (χ0n) is 14.5. The molecule has 0 radical (unpaired) electrons. The summed E-state index contributed by atoms with van der Waals surface area (Å²) >= 11 is 0. The number of pyridine rings is 1. The van der Waals surface area contributed by atoms with Crippen molar-refractivity contribution >= 4 is 5.96 Å². The Bertz CT molecular complexity index is 670. The number of aromatic nitrogens is 1. The number of hydrogen-bond acceptors (Lipinski definition) is 5. The fourth-order valence-corrected chi connectivity index (χ4v) is 2.23. The lowest BCUT2D eigenvalue weighted by Crippen LogP contribution is -2.33. The Morgan fingerprint density at radius 2 is 1.96 bits per heavy atom. The van der Waals surface area contributed by atoms with Crippen molar-refractivity contribution in [2.45, 2.75) is 12.5 Å². The predicted octanol–water partition coefficient (Wildman–Crippen LogP) is 1.28. The molecular weight excluding hydrogens is 320 g/mol. The van der Waals surface area contributed by atoms with Gasteiger partial charge in [0.2, 0.25) is 0 Å². The number of hydrogen-bond donors (Lipinski definition) is 3. The summed E-state index contributed by atoms with van der Waals surface area (Å²) in [4.78, 5) is 8.41. The van der Waals surface area contributed by atoms with E-state index in [9.17, 15) is 5.11 Å². The molecule has 0 aliphatic carbocycles. The molecule has 0 saturated carbocycles. The SMILES string of the molecule is COc1cc(OC)cc(C(O)CN=C(N)NCCc2ccccn2)c1. The maximum absolute atomic E-state index is 10.3. The summed E-state index contributed by atoms with van der Waals surface area (Å²) in [6.45, 7) is 0.758. The van der Waals surface area contributed by atoms with Gasteiger partial charge in [-0.2, -0.15) is 0 Å². The van der Waals surface area contributed by atoms with Gasteiger partial charge in [0.15, 0.2) is 5.96 Å². The summed E-state index contributed by atoms with van der Waals surface area (Å²) in [6, 6.07) is 11.0. The summed E-state index contributed by atoms with van der Waals surface area (Å²) in [7, 11) is 3.12. The molecule has 25 heavy (non-hydrogen) atoms. The molecule has 1 atom stereocenters. The maximum atomic E-state index is 10.3. The minimum atomic E-state index is -0.805. The smallest absolute Gasteiger partial charge is 0.188 e. The summed E-state index contributed by atoms with van der Waals surface area (Å²) in [5, 5.41) is 13.3. The van der Waals surface area contributed by atoms with Crippen molar-refractivity contribution in [1.82, 2.24) is 10.3 Å². The van der Waals surface area contributed by atoms with E-state index in [0.717, 1.165) is 12.1 Å². The van der Waals surface area contributed by atoms with Crippen LogP contribution in [0.4, 0.5) is 0 Å². The summed E-state index contributed by atoms with van der Waals surface area (Å²) in [5.74, 6) is 1.50. The number of methoxy groups -OCH3 is 2. The van der Waals surface area contributed by atoms with E-state index >= 15 is 0 Å². The van der Waals surface area contributed by atoms with E-state index in [1.165, 1.54) is 0 Å². The number of nitrogens with one attached hydrogen (secondary N) is 1. The van der Waals surface area contributed by atoms with Crippen LogP contribution in [0.3, 0.4) is 0 Å². The average molecular weight is 344 g/mol. The molecule has 4 N–H and O–H groups in total. The number of aliphatic hydroxyl groups is 1. The second kappa shape index (κ2) is 9.48. The average Bonchev–Trinajstić information content (AvgIpc) is 2.66. The standard InChI is InChI=1S/C18H24N4O3/c1-24-15-9-13(10-16(11-15)25-2)17(23)12-22-18(19)21-8-6-14-5-3-4-7-20-14/h3-5,7,9-11,17,23H,6,8,12H2,1-2H3,(H3,19,21,22). The van der Waals surface area contributed by atoms with E-state index in [0.29, 0.717) is 23.6 Å². The molecule has 2 aromatic rings. The van der Waals surface area contributed by atoms with Gasteiger partial charge in [0.25, 0.3) is 0 Å². The van der Waals surface area contributed by atoms with Gasteiger partial charge in [0.1, 0.15) is 11.5 Å². The number of guanidine groups is 1. The molecule has 1 unspecified atom stereocenters. The van der Waals surface area contributed by atoms with Crippen LogP contribution in [-0.2, 0) is 6.42 Å². The molecule has 0 spiro atoms. The van der Waals surface area contributed by atoms with Crippen molar-refractivity contribution in [3.63, 3.8) is 0 Å². The first kappa shape index (κ1) is 18.5. The van der Waals surface area contributed by atoms with Gasteiger partial charge < -0.3 is 25.6 Å². The maximum Gasteiger partial charge on any atom is 0.188 e. The third kappa shape index (κ3) is 5.96. The highest BCUT2D eigenvalue weighted by Gasteiger charge is 2.11. The molecule has 0 saturated heterocycles. The van der Waals surface area contributed by atoms with E-state index in [2.05, 4.69) is 15.3 Å². The molecule has 1 aromatic carbocycles. The number of aliphatic imine (C=N–C) groups is 1. The van der Waals surface area contributed by atoms with Crippen molar-refractivity contribution in [3.05, 3.63) is 53.9 Å². The number of rotatable bonds is 8. The minimum absolute atomic E-state index is 0.138. The van der Waals surface area contributed by atoms with Crippen LogP contribution >= 0.6 is 0 Å². The first-order chi connectivity index (χ1) is 12.1. The van der Waals surface area contributed by atoms with Crippen LogP contribution in [0.5, 0.6) is 11.5 Å². The van der Waals surface area contributed by atoms with Gasteiger partial charge in [-0.3, -0.25) is 9.98 Å². The van der Waals surface area contributed by atoms with Gasteiger partial charge in [0, 0.05) is 30.9 Å². The Kier molecular flexibility index (Phi) is 7.03. The predicted molar refractivity (Wildman–Crippen MR) is 96.9 cm³/mol. The highest BCUT2D eigenvalue weighted by atomic mass is 16.5. The lowest BCUT2D eigenvalue weighted by Gasteiger charge is -2.13. The third-order valence-electron chi connectivity index (χ3n) is 3.61. The van der Waals surface area contributed by atoms with E-state index < -0.39 is 6.10 Å². The van der Waals surface area contributed by atoms with Gasteiger partial charge in [-0.1, -0.05) is 6.07 Å². The van der Waals surface area contributed by atoms with Crippen LogP contribution in [0, 0.1) is 0 Å². The molecule has 134 valence electrons. The Labute approximate surface area is 147 Å². The molecule has 0 aliphatic rings. The van der Waals surface area contributed by atoms with E-state index in [1.807, 2.05) is 18.2 Å². The third-order valence-corrected chi connectivity index (χ3v) is 3.61. The molecule has 0 amide bonds. The topological polar surface area (TPSA) is 102 Å². The second-order valence-electron chi connectivity index (χ2n) is 5.39. The van der Waals surface area contributed by atoms with Crippen LogP contribution in [0.1, 0.15) is 17.4 Å². The van der Waals surface area contributed by atoms with Gasteiger partial charge >= 0.3 is 0 Å². The molecule has 2 rings (SSSR count). The van der Waals surface area contributed by atoms with E-state index in [-0.39, 0.29) is 12.5 Å². The normalized spacial score (nSPS) is 12.5. The highest BCUT2D eigenvalue weighted by molar-refractivity contribution is 5.77. The van der Waals surface area contributed by atoms with Crippen molar-refractivity contribution in [2.24, 2.45) is 10.7 Å². The monoisotopic (exact) mass is 344 g/mol. The zero-order chi connectivity index (χ0) is 18.1. The van der Waals surface area contributed by atoms with Crippen LogP contribution in [0.25, 0.3) is 0 Å². The van der Waals surface area contributed by atoms with Crippen molar-refractivity contribution in [3.8, 4) is 11.5 Å². The highest BCUT2D eigenvalue weighted by Crippen LogP contribution is 2.26. The second-order valence-corrected chi connectivity index (χ2v) is 5.39. The number of ether oxygens (including phenoxy) is 2. The van der Waals surface area contributed by atoms with Gasteiger partial charge in [0.05, 0.1) is 26.9 Å². The molecule has 1 aromatic heterocycles. The number of aliphatic hydroxyl groups excluding tert-OH is 1. The molecule has 0 aliphatic heterocycles. The minimum Gasteiger partial charge on any atom is -0.497 e. The van der Waals surface area contributed by atoms with Crippen LogP contribution in [0.15, 0.2) is 47.6 Å². The lowest BCUT2D eigenvalue weighted by atomic mass is 10.1. The number of benzene rings is 1. The number of nitrogens with zero attached hydrogens (tertiary/aromatic N) is 2. The zero-order valence-corrected chi connectivity index (χ0v) is 14.5. The fourth-order valence-electron chi connectivity index (χ4n) is 2.23. The van der Waals surface area contributed by atoms with E-state index in [1.54, 1.807) is 38.6 Å². The molecule has 0 fully saturated rings. The molecule has 1 heterocycles. The van der Waals surface area contributed by atoms with Crippen molar-refractivity contribution in [2.75, 3.05) is 27.3 Å². The Morgan fingerprint density at radius 1 is 1.24 bits per heavy atom. The summed E-state index contributed by atoms with van der Waals surface area (Å²) < 4.78 is 10.4. The Balaban J connectivity index is 1.87. The van der Waals surface area contributed by atoms with Crippen molar-refractivity contribution < 1.29 is 14.6 Å². The summed E-state index contributed by atoms with van der Waals surface area (Å²) in [6.07, 6.45) is 1.69. The molecule has 7 heteroatoms. The Morgan fingerprint density at radius 3 is 2.56 bits per heavy atom. The van der Waals surface area contributed by atoms with Gasteiger partial charge in [-0.15, -0.1) is 0 Å². The first-order valence-corrected chi connectivity index (χ1v) is 7.97. The van der Waals surface area contributed by atoms with Crippen molar-refractivity contribution in [1.29, 1.82) is 0 Å². The fraction of sp³-hybridized carbons (Fsp3) is 0.333. The largest absolute Gasteiger partial charge is 0.497 e. The van der Waals surface area contributed by atoms with Crippen LogP contribution < -0.4 is 20.5 Å². The molecule has 7 nitrogen and oxygen atoms in total. The van der Waals surface area contributed by atoms with Crippen LogP contribution in [0.2, 0.25) is 0 Å². The first-order valence-electron chi connectivity index (χ1n) is 7.97. The Hall–Kier alpha value is -2.80. The lowest BCUT2D eigenvalue weighted by molar-refractivity contribution is 0.186. The summed E-state index contributed by atoms with van der Waals surface area (Å²) in [5.41, 5.74) is 7.47. The van der Waals surface area contributed by atoms with Gasteiger partial charge in [-0.25, -0.2) is 0 Å².